The van der Waals surface area contributed by atoms with Gasteiger partial charge in [0.25, 0.3) is 0 Å². The van der Waals surface area contributed by atoms with Crippen molar-refractivity contribution in [2.45, 2.75) is 25.2 Å². The smallest absolute Gasteiger partial charge is 0.320 e. The number of rotatable bonds is 4. The zero-order chi connectivity index (χ0) is 17.0. The van der Waals surface area contributed by atoms with E-state index >= 15 is 0 Å². The first-order chi connectivity index (χ1) is 11.6. The Morgan fingerprint density at radius 2 is 2.00 bits per heavy atom. The molecule has 2 amide bonds. The van der Waals surface area contributed by atoms with Crippen molar-refractivity contribution in [1.29, 1.82) is 0 Å². The first-order valence-corrected chi connectivity index (χ1v) is 8.27. The summed E-state index contributed by atoms with van der Waals surface area (Å²) in [7, 11) is 0. The molecule has 2 N–H and O–H groups in total. The number of hydrogen-bond acceptors (Lipinski definition) is 4. The van der Waals surface area contributed by atoms with Gasteiger partial charge in [-0.15, -0.1) is 0 Å². The number of aromatic nitrogens is 1. The van der Waals surface area contributed by atoms with Gasteiger partial charge in [0.15, 0.2) is 5.82 Å². The molecule has 1 aromatic carbocycles. The Kier molecular flexibility index (Phi) is 5.06. The van der Waals surface area contributed by atoms with Gasteiger partial charge in [-0.05, 0) is 37.5 Å². The second-order valence-corrected chi connectivity index (χ2v) is 6.47. The molecule has 1 aromatic heterocycles. The van der Waals surface area contributed by atoms with Crippen LogP contribution in [0.2, 0.25) is 5.02 Å². The predicted molar refractivity (Wildman–Crippen MR) is 91.4 cm³/mol. The van der Waals surface area contributed by atoms with Crippen LogP contribution in [0.1, 0.15) is 24.2 Å². The molecule has 0 aliphatic carbocycles. The van der Waals surface area contributed by atoms with Crippen LogP contribution in [0.4, 0.5) is 10.6 Å². The van der Waals surface area contributed by atoms with Crippen molar-refractivity contribution in [3.8, 4) is 0 Å². The Bertz CT molecular complexity index is 693. The van der Waals surface area contributed by atoms with E-state index in [9.17, 15) is 4.79 Å². The van der Waals surface area contributed by atoms with Crippen molar-refractivity contribution >= 4 is 23.4 Å². The number of anilines is 1. The van der Waals surface area contributed by atoms with Crippen molar-refractivity contribution in [2.24, 2.45) is 0 Å². The number of hydrogen-bond donors (Lipinski definition) is 2. The van der Waals surface area contributed by atoms with Crippen LogP contribution in [0.25, 0.3) is 0 Å². The minimum absolute atomic E-state index is 0.153. The van der Waals surface area contributed by atoms with Gasteiger partial charge in [-0.3, -0.25) is 5.32 Å². The number of aryl methyl sites for hydroxylation is 1. The minimum Gasteiger partial charge on any atom is -0.381 e. The van der Waals surface area contributed by atoms with Crippen molar-refractivity contribution < 1.29 is 14.1 Å². The molecular weight excluding hydrogens is 330 g/mol. The van der Waals surface area contributed by atoms with Crippen molar-refractivity contribution in [3.05, 3.63) is 46.7 Å². The topological polar surface area (TPSA) is 76.4 Å². The van der Waals surface area contributed by atoms with E-state index in [0.29, 0.717) is 36.4 Å². The maximum Gasteiger partial charge on any atom is 0.320 e. The van der Waals surface area contributed by atoms with Gasteiger partial charge >= 0.3 is 6.03 Å². The third-order valence-electron chi connectivity index (χ3n) is 4.36. The van der Waals surface area contributed by atoms with Gasteiger partial charge < -0.3 is 14.6 Å². The SMILES string of the molecule is Cc1cc(NC(=O)NCC2(c3ccc(Cl)cc3)CCOCC2)no1. The van der Waals surface area contributed by atoms with Crippen LogP contribution in [0, 0.1) is 6.92 Å². The quantitative estimate of drug-likeness (QED) is 0.885. The second-order valence-electron chi connectivity index (χ2n) is 6.03. The number of nitrogens with zero attached hydrogens (tertiary/aromatic N) is 1. The third-order valence-corrected chi connectivity index (χ3v) is 4.62. The Hall–Kier alpha value is -2.05. The number of halogens is 1. The summed E-state index contributed by atoms with van der Waals surface area (Å²) >= 11 is 6.00. The lowest BCUT2D eigenvalue weighted by atomic mass is 9.74. The Morgan fingerprint density at radius 1 is 1.29 bits per heavy atom. The fraction of sp³-hybridized carbons (Fsp3) is 0.412. The van der Waals surface area contributed by atoms with E-state index in [1.807, 2.05) is 24.3 Å². The van der Waals surface area contributed by atoms with E-state index in [-0.39, 0.29) is 11.4 Å². The minimum atomic E-state index is -0.303. The van der Waals surface area contributed by atoms with E-state index in [1.54, 1.807) is 13.0 Å². The van der Waals surface area contributed by atoms with E-state index in [4.69, 9.17) is 20.9 Å². The molecule has 6 nitrogen and oxygen atoms in total. The number of ether oxygens (including phenoxy) is 1. The lowest BCUT2D eigenvalue weighted by Crippen LogP contribution is -2.45. The largest absolute Gasteiger partial charge is 0.381 e. The summed E-state index contributed by atoms with van der Waals surface area (Å²) in [6.45, 7) is 3.64. The third kappa shape index (κ3) is 3.88. The zero-order valence-electron chi connectivity index (χ0n) is 13.5. The van der Waals surface area contributed by atoms with Gasteiger partial charge in [0.1, 0.15) is 5.76 Å². The monoisotopic (exact) mass is 349 g/mol. The van der Waals surface area contributed by atoms with E-state index in [1.165, 1.54) is 0 Å². The number of carbonyl (C=O) groups excluding carboxylic acids is 1. The van der Waals surface area contributed by atoms with Crippen LogP contribution >= 0.6 is 11.6 Å². The van der Waals surface area contributed by atoms with Crippen LogP contribution in [0.3, 0.4) is 0 Å². The molecule has 0 unspecified atom stereocenters. The van der Waals surface area contributed by atoms with Crippen LogP contribution in [-0.4, -0.2) is 30.9 Å². The van der Waals surface area contributed by atoms with Crippen LogP contribution in [-0.2, 0) is 10.2 Å². The fourth-order valence-corrected chi connectivity index (χ4v) is 3.09. The lowest BCUT2D eigenvalue weighted by Gasteiger charge is -2.38. The average Bonchev–Trinajstić information content (AvgIpc) is 2.99. The summed E-state index contributed by atoms with van der Waals surface area (Å²) < 4.78 is 10.4. The summed E-state index contributed by atoms with van der Waals surface area (Å²) in [5.41, 5.74) is 1.01. The van der Waals surface area contributed by atoms with Crippen molar-refractivity contribution in [2.75, 3.05) is 25.1 Å². The van der Waals surface area contributed by atoms with Gasteiger partial charge in [-0.1, -0.05) is 28.9 Å². The number of urea groups is 1. The predicted octanol–water partition coefficient (Wildman–Crippen LogP) is 3.51. The van der Waals surface area contributed by atoms with Gasteiger partial charge in [-0.25, -0.2) is 4.79 Å². The summed E-state index contributed by atoms with van der Waals surface area (Å²) in [6.07, 6.45) is 1.69. The van der Waals surface area contributed by atoms with Crippen molar-refractivity contribution in [3.63, 3.8) is 0 Å². The first kappa shape index (κ1) is 16.8. The first-order valence-electron chi connectivity index (χ1n) is 7.89. The van der Waals surface area contributed by atoms with Gasteiger partial charge in [0, 0.05) is 36.3 Å². The van der Waals surface area contributed by atoms with Gasteiger partial charge in [0.05, 0.1) is 0 Å². The molecule has 1 aliphatic rings. The Balaban J connectivity index is 1.68. The van der Waals surface area contributed by atoms with Crippen LogP contribution < -0.4 is 10.6 Å². The van der Waals surface area contributed by atoms with Crippen molar-refractivity contribution in [1.82, 2.24) is 10.5 Å². The Morgan fingerprint density at radius 3 is 2.62 bits per heavy atom. The highest BCUT2D eigenvalue weighted by atomic mass is 35.5. The molecule has 0 bridgehead atoms. The van der Waals surface area contributed by atoms with Gasteiger partial charge in [0.2, 0.25) is 0 Å². The molecule has 2 heterocycles. The average molecular weight is 350 g/mol. The summed E-state index contributed by atoms with van der Waals surface area (Å²) in [4.78, 5) is 12.1. The molecule has 0 spiro atoms. The molecule has 0 saturated carbocycles. The molecule has 1 fully saturated rings. The molecular formula is C17H20ClN3O3. The molecule has 2 aromatic rings. The molecule has 0 atom stereocenters. The maximum atomic E-state index is 12.1. The Labute approximate surface area is 145 Å². The highest BCUT2D eigenvalue weighted by molar-refractivity contribution is 6.30. The second kappa shape index (κ2) is 7.23. The fourth-order valence-electron chi connectivity index (χ4n) is 2.97. The molecule has 1 saturated heterocycles. The lowest BCUT2D eigenvalue weighted by molar-refractivity contribution is 0.0508. The summed E-state index contributed by atoms with van der Waals surface area (Å²) in [5, 5.41) is 10.1. The molecule has 24 heavy (non-hydrogen) atoms. The molecule has 128 valence electrons. The normalized spacial score (nSPS) is 16.6. The number of nitrogens with one attached hydrogen (secondary N) is 2. The highest BCUT2D eigenvalue weighted by Crippen LogP contribution is 2.34. The van der Waals surface area contributed by atoms with E-state index in [0.717, 1.165) is 18.4 Å². The number of amides is 2. The van der Waals surface area contributed by atoms with Gasteiger partial charge in [-0.2, -0.15) is 0 Å². The van der Waals surface area contributed by atoms with Crippen LogP contribution in [0.5, 0.6) is 0 Å². The van der Waals surface area contributed by atoms with Crippen LogP contribution in [0.15, 0.2) is 34.9 Å². The highest BCUT2D eigenvalue weighted by Gasteiger charge is 2.34. The summed E-state index contributed by atoms with van der Waals surface area (Å²) in [5.74, 6) is 1.05. The zero-order valence-corrected chi connectivity index (χ0v) is 14.2. The number of carbonyl (C=O) groups is 1. The number of benzene rings is 1. The molecule has 7 heteroatoms. The molecule has 0 radical (unpaired) electrons. The molecule has 3 rings (SSSR count). The molecule has 1 aliphatic heterocycles. The standard InChI is InChI=1S/C17H20ClN3O3/c1-12-10-15(21-24-12)20-16(22)19-11-17(6-8-23-9-7-17)13-2-4-14(18)5-3-13/h2-5,10H,6-9,11H2,1H3,(H2,19,20,21,22). The maximum absolute atomic E-state index is 12.1. The summed E-state index contributed by atoms with van der Waals surface area (Å²) in [6, 6.07) is 9.17. The van der Waals surface area contributed by atoms with E-state index in [2.05, 4.69) is 15.8 Å². The van der Waals surface area contributed by atoms with E-state index < -0.39 is 0 Å².